The van der Waals surface area contributed by atoms with Crippen LogP contribution in [0.3, 0.4) is 0 Å². The zero-order valence-corrected chi connectivity index (χ0v) is 16.9. The molecule has 2 saturated heterocycles. The number of nitrogens with zero attached hydrogens (tertiary/aromatic N) is 3. The van der Waals surface area contributed by atoms with Crippen molar-refractivity contribution in [3.05, 3.63) is 71.8 Å². The Labute approximate surface area is 172 Å². The standard InChI is InChI=1S/C24H29N3O2/c28-22(19-27-13-7-12-23(27)29)18-25-14-16-26(17-15-25)24(20-8-3-1-4-9-20)21-10-5-2-6-11-21/h1-6,8-11,24H,7,12-19H2. The summed E-state index contributed by atoms with van der Waals surface area (Å²) in [6.07, 6.45) is 1.47. The number of rotatable bonds is 7. The summed E-state index contributed by atoms with van der Waals surface area (Å²) in [5, 5.41) is 0. The Hall–Kier alpha value is -2.50. The third kappa shape index (κ3) is 4.92. The van der Waals surface area contributed by atoms with Gasteiger partial charge in [-0.15, -0.1) is 0 Å². The first kappa shape index (κ1) is 19.8. The predicted octanol–water partition coefficient (Wildman–Crippen LogP) is 2.59. The van der Waals surface area contributed by atoms with Crippen LogP contribution in [-0.2, 0) is 9.59 Å². The second-order valence-electron chi connectivity index (χ2n) is 7.99. The van der Waals surface area contributed by atoms with Gasteiger partial charge in [-0.3, -0.25) is 19.4 Å². The molecule has 0 aromatic heterocycles. The van der Waals surface area contributed by atoms with Gasteiger partial charge in [0.25, 0.3) is 0 Å². The molecular formula is C24H29N3O2. The summed E-state index contributed by atoms with van der Waals surface area (Å²) in [5.41, 5.74) is 2.60. The molecule has 2 aromatic rings. The van der Waals surface area contributed by atoms with E-state index in [2.05, 4.69) is 70.5 Å². The van der Waals surface area contributed by atoms with Gasteiger partial charge in [0, 0.05) is 39.1 Å². The minimum atomic E-state index is 0.122. The van der Waals surface area contributed by atoms with Crippen molar-refractivity contribution in [3.8, 4) is 0 Å². The largest absolute Gasteiger partial charge is 0.335 e. The van der Waals surface area contributed by atoms with Crippen molar-refractivity contribution in [1.29, 1.82) is 0 Å². The summed E-state index contributed by atoms with van der Waals surface area (Å²) in [4.78, 5) is 30.6. The minimum absolute atomic E-state index is 0.122. The molecule has 5 heteroatoms. The van der Waals surface area contributed by atoms with E-state index >= 15 is 0 Å². The number of ketones is 1. The predicted molar refractivity (Wildman–Crippen MR) is 114 cm³/mol. The number of benzene rings is 2. The van der Waals surface area contributed by atoms with Crippen LogP contribution < -0.4 is 0 Å². The van der Waals surface area contributed by atoms with Gasteiger partial charge in [-0.2, -0.15) is 0 Å². The first-order chi connectivity index (χ1) is 14.2. The summed E-state index contributed by atoms with van der Waals surface area (Å²) in [7, 11) is 0. The Morgan fingerprint density at radius 2 is 1.38 bits per heavy atom. The van der Waals surface area contributed by atoms with E-state index in [-0.39, 0.29) is 24.3 Å². The van der Waals surface area contributed by atoms with Gasteiger partial charge < -0.3 is 4.90 Å². The molecule has 2 heterocycles. The van der Waals surface area contributed by atoms with Crippen LogP contribution in [0.15, 0.2) is 60.7 Å². The maximum Gasteiger partial charge on any atom is 0.223 e. The van der Waals surface area contributed by atoms with Crippen molar-refractivity contribution in [1.82, 2.24) is 14.7 Å². The molecule has 0 spiro atoms. The number of hydrogen-bond acceptors (Lipinski definition) is 4. The molecular weight excluding hydrogens is 362 g/mol. The number of carbonyl (C=O) groups is 2. The highest BCUT2D eigenvalue weighted by atomic mass is 16.2. The Bertz CT molecular complexity index is 777. The topological polar surface area (TPSA) is 43.9 Å². The number of hydrogen-bond donors (Lipinski definition) is 0. The Balaban J connectivity index is 1.37. The Kier molecular flexibility index (Phi) is 6.37. The SMILES string of the molecule is O=C(CN1CCN(C(c2ccccc2)c2ccccc2)CC1)CN1CCCC1=O. The van der Waals surface area contributed by atoms with Gasteiger partial charge in [0.05, 0.1) is 19.1 Å². The highest BCUT2D eigenvalue weighted by Crippen LogP contribution is 2.29. The first-order valence-corrected chi connectivity index (χ1v) is 10.6. The zero-order chi connectivity index (χ0) is 20.1. The van der Waals surface area contributed by atoms with E-state index in [1.54, 1.807) is 4.90 Å². The normalized spacial score (nSPS) is 18.5. The van der Waals surface area contributed by atoms with Gasteiger partial charge in [0.2, 0.25) is 5.91 Å². The van der Waals surface area contributed by atoms with Gasteiger partial charge in [-0.1, -0.05) is 60.7 Å². The molecule has 0 N–H and O–H groups in total. The van der Waals surface area contributed by atoms with Crippen LogP contribution in [0.5, 0.6) is 0 Å². The van der Waals surface area contributed by atoms with E-state index in [9.17, 15) is 9.59 Å². The van der Waals surface area contributed by atoms with Crippen LogP contribution >= 0.6 is 0 Å². The Morgan fingerprint density at radius 3 is 1.90 bits per heavy atom. The third-order valence-corrected chi connectivity index (χ3v) is 5.94. The lowest BCUT2D eigenvalue weighted by atomic mass is 9.96. The van der Waals surface area contributed by atoms with Crippen LogP contribution in [0.25, 0.3) is 0 Å². The molecule has 0 atom stereocenters. The van der Waals surface area contributed by atoms with Crippen LogP contribution in [0.4, 0.5) is 0 Å². The molecule has 2 fully saturated rings. The lowest BCUT2D eigenvalue weighted by molar-refractivity contribution is -0.132. The first-order valence-electron chi connectivity index (χ1n) is 10.6. The number of amides is 1. The molecule has 2 aliphatic heterocycles. The molecule has 152 valence electrons. The highest BCUT2D eigenvalue weighted by Gasteiger charge is 2.28. The van der Waals surface area contributed by atoms with Crippen molar-refractivity contribution in [3.63, 3.8) is 0 Å². The monoisotopic (exact) mass is 391 g/mol. The summed E-state index contributed by atoms with van der Waals surface area (Å²) >= 11 is 0. The molecule has 0 bridgehead atoms. The van der Waals surface area contributed by atoms with Crippen LogP contribution in [0.1, 0.15) is 30.0 Å². The molecule has 0 saturated carbocycles. The maximum absolute atomic E-state index is 12.4. The fraction of sp³-hybridized carbons (Fsp3) is 0.417. The van der Waals surface area contributed by atoms with Crippen LogP contribution in [-0.4, -0.2) is 72.2 Å². The smallest absolute Gasteiger partial charge is 0.223 e. The lowest BCUT2D eigenvalue weighted by Gasteiger charge is -2.39. The lowest BCUT2D eigenvalue weighted by Crippen LogP contribution is -2.50. The van der Waals surface area contributed by atoms with Crippen molar-refractivity contribution < 1.29 is 9.59 Å². The van der Waals surface area contributed by atoms with E-state index in [4.69, 9.17) is 0 Å². The number of Topliss-reactive ketones (excluding diaryl/α,β-unsaturated/α-hetero) is 1. The van der Waals surface area contributed by atoms with E-state index < -0.39 is 0 Å². The summed E-state index contributed by atoms with van der Waals surface area (Å²) in [5.74, 6) is 0.271. The van der Waals surface area contributed by atoms with Crippen molar-refractivity contribution in [2.45, 2.75) is 18.9 Å². The molecule has 29 heavy (non-hydrogen) atoms. The quantitative estimate of drug-likeness (QED) is 0.728. The van der Waals surface area contributed by atoms with Gasteiger partial charge in [0.15, 0.2) is 5.78 Å². The molecule has 0 radical (unpaired) electrons. The average Bonchev–Trinajstić information content (AvgIpc) is 3.15. The molecule has 5 nitrogen and oxygen atoms in total. The fourth-order valence-corrected chi connectivity index (χ4v) is 4.45. The summed E-state index contributed by atoms with van der Waals surface area (Å²) in [6, 6.07) is 21.5. The minimum Gasteiger partial charge on any atom is -0.335 e. The second-order valence-corrected chi connectivity index (χ2v) is 7.99. The third-order valence-electron chi connectivity index (χ3n) is 5.94. The van der Waals surface area contributed by atoms with Gasteiger partial charge >= 0.3 is 0 Å². The molecule has 1 amide bonds. The van der Waals surface area contributed by atoms with E-state index in [0.29, 0.717) is 13.0 Å². The van der Waals surface area contributed by atoms with Crippen LogP contribution in [0, 0.1) is 0 Å². The van der Waals surface area contributed by atoms with E-state index in [1.165, 1.54) is 11.1 Å². The van der Waals surface area contributed by atoms with Crippen molar-refractivity contribution in [2.24, 2.45) is 0 Å². The molecule has 2 aliphatic rings. The van der Waals surface area contributed by atoms with Gasteiger partial charge in [-0.25, -0.2) is 0 Å². The number of piperazine rings is 1. The number of likely N-dealkylation sites (tertiary alicyclic amines) is 1. The second kappa shape index (κ2) is 9.33. The number of carbonyl (C=O) groups excluding carboxylic acids is 2. The van der Waals surface area contributed by atoms with Crippen molar-refractivity contribution >= 4 is 11.7 Å². The van der Waals surface area contributed by atoms with E-state index in [0.717, 1.165) is 39.1 Å². The fourth-order valence-electron chi connectivity index (χ4n) is 4.45. The molecule has 0 unspecified atom stereocenters. The summed E-state index contributed by atoms with van der Waals surface area (Å²) in [6.45, 7) is 5.03. The van der Waals surface area contributed by atoms with Crippen LogP contribution in [0.2, 0.25) is 0 Å². The zero-order valence-electron chi connectivity index (χ0n) is 16.9. The van der Waals surface area contributed by atoms with E-state index in [1.807, 2.05) is 0 Å². The Morgan fingerprint density at radius 1 is 0.793 bits per heavy atom. The maximum atomic E-state index is 12.4. The van der Waals surface area contributed by atoms with Crippen molar-refractivity contribution in [2.75, 3.05) is 45.8 Å². The van der Waals surface area contributed by atoms with Gasteiger partial charge in [0.1, 0.15) is 0 Å². The van der Waals surface area contributed by atoms with Gasteiger partial charge in [-0.05, 0) is 17.5 Å². The molecule has 2 aromatic carbocycles. The molecule has 4 rings (SSSR count). The average molecular weight is 392 g/mol. The highest BCUT2D eigenvalue weighted by molar-refractivity contribution is 5.88. The molecule has 0 aliphatic carbocycles. The summed E-state index contributed by atoms with van der Waals surface area (Å²) < 4.78 is 0.